The molecule has 2 N–H and O–H groups in total. The third kappa shape index (κ3) is 6.86. The molecule has 9 heteroatoms. The van der Waals surface area contributed by atoms with Gasteiger partial charge in [-0.3, -0.25) is 0 Å². The predicted molar refractivity (Wildman–Crippen MR) is 101 cm³/mol. The molecular weight excluding hydrogens is 351 g/mol. The Balaban J connectivity index is 1.91. The van der Waals surface area contributed by atoms with Crippen molar-refractivity contribution in [2.24, 2.45) is 12.0 Å². The average Bonchev–Trinajstić information content (AvgIpc) is 2.97. The maximum Gasteiger partial charge on any atom is 0.191 e. The van der Waals surface area contributed by atoms with Gasteiger partial charge in [0.1, 0.15) is 30.0 Å². The highest BCUT2D eigenvalue weighted by Crippen LogP contribution is 2.12. The Morgan fingerprint density at radius 2 is 2.00 bits per heavy atom. The van der Waals surface area contributed by atoms with Crippen molar-refractivity contribution in [3.8, 4) is 5.75 Å². The lowest BCUT2D eigenvalue weighted by atomic mass is 10.3. The van der Waals surface area contributed by atoms with Crippen molar-refractivity contribution in [2.45, 2.75) is 26.5 Å². The molecule has 1 atom stereocenters. The summed E-state index contributed by atoms with van der Waals surface area (Å²) >= 11 is 0. The van der Waals surface area contributed by atoms with Crippen LogP contribution >= 0.6 is 0 Å². The molecule has 8 nitrogen and oxygen atoms in total. The number of guanidine groups is 1. The van der Waals surface area contributed by atoms with E-state index in [1.54, 1.807) is 19.2 Å². The number of methoxy groups -OCH3 is 1. The van der Waals surface area contributed by atoms with Gasteiger partial charge in [0.15, 0.2) is 11.8 Å². The first-order valence-corrected chi connectivity index (χ1v) is 8.77. The van der Waals surface area contributed by atoms with Gasteiger partial charge in [-0.2, -0.15) is 0 Å². The van der Waals surface area contributed by atoms with Gasteiger partial charge in [0.2, 0.25) is 0 Å². The van der Waals surface area contributed by atoms with Crippen molar-refractivity contribution >= 4 is 5.96 Å². The van der Waals surface area contributed by atoms with Crippen LogP contribution in [0, 0.1) is 12.7 Å². The van der Waals surface area contributed by atoms with Crippen LogP contribution in [0.25, 0.3) is 0 Å². The van der Waals surface area contributed by atoms with Gasteiger partial charge in [0.05, 0.1) is 13.2 Å². The minimum Gasteiger partial charge on any atom is -0.489 e. The van der Waals surface area contributed by atoms with Crippen LogP contribution < -0.4 is 15.4 Å². The molecule has 148 valence electrons. The van der Waals surface area contributed by atoms with Gasteiger partial charge in [-0.1, -0.05) is 0 Å². The molecule has 0 aliphatic carbocycles. The van der Waals surface area contributed by atoms with Gasteiger partial charge in [0, 0.05) is 20.7 Å². The first kappa shape index (κ1) is 20.6. The summed E-state index contributed by atoms with van der Waals surface area (Å²) in [6, 6.07) is 5.96. The summed E-state index contributed by atoms with van der Waals surface area (Å²) in [4.78, 5) is 4.54. The van der Waals surface area contributed by atoms with E-state index in [4.69, 9.17) is 9.47 Å². The first-order chi connectivity index (χ1) is 13.0. The summed E-state index contributed by atoms with van der Waals surface area (Å²) in [6.07, 6.45) is -0.137. The number of aromatic nitrogens is 3. The van der Waals surface area contributed by atoms with Crippen LogP contribution in [0.2, 0.25) is 0 Å². The normalized spacial score (nSPS) is 12.7. The standard InChI is InChI=1S/C18H27FN6O2/c1-13(27-16-7-5-15(19)6-8-16)11-21-18(20-9-10-26-4)22-12-17-24-23-14(2)25(17)3/h5-8,13H,9-12H2,1-4H3,(H2,20,21,22). The Morgan fingerprint density at radius 1 is 1.26 bits per heavy atom. The Bertz CT molecular complexity index is 732. The summed E-state index contributed by atoms with van der Waals surface area (Å²) < 4.78 is 25.7. The number of nitrogens with zero attached hydrogens (tertiary/aromatic N) is 4. The highest BCUT2D eigenvalue weighted by Gasteiger charge is 2.08. The molecule has 2 aromatic rings. The fourth-order valence-electron chi connectivity index (χ4n) is 2.21. The Morgan fingerprint density at radius 3 is 2.63 bits per heavy atom. The number of nitrogens with one attached hydrogen (secondary N) is 2. The van der Waals surface area contributed by atoms with Gasteiger partial charge in [-0.05, 0) is 38.1 Å². The molecular formula is C18H27FN6O2. The second-order valence-electron chi connectivity index (χ2n) is 6.07. The lowest BCUT2D eigenvalue weighted by Gasteiger charge is -2.18. The molecule has 0 bridgehead atoms. The number of aliphatic imine (C=N–C) groups is 1. The lowest BCUT2D eigenvalue weighted by Crippen LogP contribution is -2.43. The SMILES string of the molecule is COCCNC(=NCc1nnc(C)n1C)NCC(C)Oc1ccc(F)cc1. The molecule has 1 heterocycles. The van der Waals surface area contributed by atoms with Crippen LogP contribution in [-0.2, 0) is 18.3 Å². The lowest BCUT2D eigenvalue weighted by molar-refractivity contribution is 0.203. The van der Waals surface area contributed by atoms with Crippen molar-refractivity contribution in [1.82, 2.24) is 25.4 Å². The number of hydrogen-bond acceptors (Lipinski definition) is 5. The molecule has 0 saturated heterocycles. The molecule has 0 fully saturated rings. The van der Waals surface area contributed by atoms with Crippen molar-refractivity contribution < 1.29 is 13.9 Å². The van der Waals surface area contributed by atoms with Crippen molar-refractivity contribution in [2.75, 3.05) is 26.8 Å². The van der Waals surface area contributed by atoms with Crippen LogP contribution in [0.15, 0.2) is 29.3 Å². The monoisotopic (exact) mass is 378 g/mol. The summed E-state index contributed by atoms with van der Waals surface area (Å²) in [5, 5.41) is 14.6. The zero-order valence-corrected chi connectivity index (χ0v) is 16.2. The van der Waals surface area contributed by atoms with Gasteiger partial charge in [-0.15, -0.1) is 10.2 Å². The molecule has 0 amide bonds. The third-order valence-corrected chi connectivity index (χ3v) is 3.87. The Hall–Kier alpha value is -2.68. The third-order valence-electron chi connectivity index (χ3n) is 3.87. The van der Waals surface area contributed by atoms with E-state index < -0.39 is 0 Å². The summed E-state index contributed by atoms with van der Waals surface area (Å²) in [7, 11) is 3.55. The van der Waals surface area contributed by atoms with Crippen LogP contribution in [0.1, 0.15) is 18.6 Å². The maximum absolute atomic E-state index is 13.0. The first-order valence-electron chi connectivity index (χ1n) is 8.77. The van der Waals surface area contributed by atoms with Crippen LogP contribution in [0.4, 0.5) is 4.39 Å². The Labute approximate surface area is 158 Å². The maximum atomic E-state index is 13.0. The second kappa shape index (κ2) is 10.5. The van der Waals surface area contributed by atoms with Crippen molar-refractivity contribution in [3.63, 3.8) is 0 Å². The number of ether oxygens (including phenoxy) is 2. The molecule has 0 radical (unpaired) electrons. The molecule has 0 spiro atoms. The van der Waals surface area contributed by atoms with Crippen LogP contribution in [-0.4, -0.2) is 53.6 Å². The molecule has 2 rings (SSSR count). The summed E-state index contributed by atoms with van der Waals surface area (Å²) in [5.41, 5.74) is 0. The van der Waals surface area contributed by atoms with E-state index in [0.29, 0.717) is 38.0 Å². The van der Waals surface area contributed by atoms with Gasteiger partial charge in [0.25, 0.3) is 0 Å². The molecule has 0 saturated carbocycles. The summed E-state index contributed by atoms with van der Waals surface area (Å²) in [5.74, 6) is 2.57. The predicted octanol–water partition coefficient (Wildman–Crippen LogP) is 1.41. The molecule has 27 heavy (non-hydrogen) atoms. The number of aryl methyl sites for hydroxylation is 1. The Kier molecular flexibility index (Phi) is 8.00. The number of halogens is 1. The molecule has 1 aromatic heterocycles. The van der Waals surface area contributed by atoms with Gasteiger partial charge in [-0.25, -0.2) is 9.38 Å². The van der Waals surface area contributed by atoms with Crippen molar-refractivity contribution in [3.05, 3.63) is 41.7 Å². The molecule has 0 aliphatic heterocycles. The van der Waals surface area contributed by atoms with Crippen LogP contribution in [0.5, 0.6) is 5.75 Å². The topological polar surface area (TPSA) is 85.6 Å². The zero-order chi connectivity index (χ0) is 19.6. The highest BCUT2D eigenvalue weighted by molar-refractivity contribution is 5.79. The largest absolute Gasteiger partial charge is 0.489 e. The molecule has 1 unspecified atom stereocenters. The van der Waals surface area contributed by atoms with Crippen molar-refractivity contribution in [1.29, 1.82) is 0 Å². The summed E-state index contributed by atoms with van der Waals surface area (Å²) in [6.45, 7) is 5.92. The van der Waals surface area contributed by atoms with E-state index in [1.165, 1.54) is 12.1 Å². The second-order valence-corrected chi connectivity index (χ2v) is 6.07. The fraction of sp³-hybridized carbons (Fsp3) is 0.500. The fourth-order valence-corrected chi connectivity index (χ4v) is 2.21. The highest BCUT2D eigenvalue weighted by atomic mass is 19.1. The van der Waals surface area contributed by atoms with E-state index in [9.17, 15) is 4.39 Å². The number of benzene rings is 1. The quantitative estimate of drug-likeness (QED) is 0.390. The van der Waals surface area contributed by atoms with E-state index in [2.05, 4.69) is 25.8 Å². The minimum atomic E-state index is -0.288. The minimum absolute atomic E-state index is 0.137. The van der Waals surface area contributed by atoms with E-state index in [0.717, 1.165) is 11.6 Å². The smallest absolute Gasteiger partial charge is 0.191 e. The average molecular weight is 378 g/mol. The van der Waals surface area contributed by atoms with Crippen LogP contribution in [0.3, 0.4) is 0 Å². The molecule has 1 aromatic carbocycles. The zero-order valence-electron chi connectivity index (χ0n) is 16.2. The van der Waals surface area contributed by atoms with Gasteiger partial charge >= 0.3 is 0 Å². The van der Waals surface area contributed by atoms with E-state index in [-0.39, 0.29) is 11.9 Å². The molecule has 0 aliphatic rings. The van der Waals surface area contributed by atoms with E-state index in [1.807, 2.05) is 25.5 Å². The van der Waals surface area contributed by atoms with E-state index >= 15 is 0 Å². The van der Waals surface area contributed by atoms with Gasteiger partial charge < -0.3 is 24.7 Å². The number of hydrogen-bond donors (Lipinski definition) is 2. The number of rotatable bonds is 9.